The quantitative estimate of drug-likeness (QED) is 0.696. The highest BCUT2D eigenvalue weighted by molar-refractivity contribution is 6.30. The van der Waals surface area contributed by atoms with Crippen LogP contribution in [0.4, 0.5) is 0 Å². The zero-order chi connectivity index (χ0) is 11.0. The maximum absolute atomic E-state index is 11.5. The van der Waals surface area contributed by atoms with Crippen molar-refractivity contribution in [3.63, 3.8) is 0 Å². The molecule has 1 aromatic rings. The molecule has 0 N–H and O–H groups in total. The van der Waals surface area contributed by atoms with Gasteiger partial charge in [0.05, 0.1) is 0 Å². The van der Waals surface area contributed by atoms with Crippen molar-refractivity contribution in [1.29, 1.82) is 0 Å². The summed E-state index contributed by atoms with van der Waals surface area (Å²) in [7, 11) is 0. The Morgan fingerprint density at radius 2 is 2.00 bits per heavy atom. The van der Waals surface area contributed by atoms with Crippen LogP contribution in [0.2, 0.25) is 0 Å². The highest BCUT2D eigenvalue weighted by Crippen LogP contribution is 2.24. The van der Waals surface area contributed by atoms with Crippen LogP contribution in [-0.2, 0) is 4.79 Å². The van der Waals surface area contributed by atoms with Crippen LogP contribution >= 0.6 is 0 Å². The Kier molecular flexibility index (Phi) is 1.96. The van der Waals surface area contributed by atoms with E-state index in [9.17, 15) is 4.79 Å². The van der Waals surface area contributed by atoms with E-state index in [0.717, 1.165) is 17.0 Å². The number of allylic oxidation sites excluding steroid dienone is 2. The summed E-state index contributed by atoms with van der Waals surface area (Å²) in [6, 6.07) is 9.98. The van der Waals surface area contributed by atoms with Crippen molar-refractivity contribution in [3.05, 3.63) is 54.2 Å². The molecular weight excluding hydrogens is 200 g/mol. The van der Waals surface area contributed by atoms with Crippen LogP contribution < -0.4 is 0 Å². The number of carbonyl (C=O) groups excluding carboxylic acids is 1. The average molecular weight is 210 g/mol. The summed E-state index contributed by atoms with van der Waals surface area (Å²) in [5, 5.41) is 0. The van der Waals surface area contributed by atoms with Gasteiger partial charge in [0, 0.05) is 11.8 Å². The topological polar surface area (TPSA) is 32.7 Å². The molecule has 2 aliphatic rings. The lowest BCUT2D eigenvalue weighted by Gasteiger charge is -2.19. The molecule has 0 saturated carbocycles. The lowest BCUT2D eigenvalue weighted by atomic mass is 10.0. The minimum absolute atomic E-state index is 0.0350. The van der Waals surface area contributed by atoms with Crippen molar-refractivity contribution >= 4 is 17.3 Å². The van der Waals surface area contributed by atoms with Crippen molar-refractivity contribution < 1.29 is 4.79 Å². The zero-order valence-corrected chi connectivity index (χ0v) is 8.63. The second kappa shape index (κ2) is 3.45. The van der Waals surface area contributed by atoms with Crippen LogP contribution in [0, 0.1) is 0 Å². The lowest BCUT2D eigenvalue weighted by Crippen LogP contribution is -2.29. The van der Waals surface area contributed by atoms with Crippen molar-refractivity contribution in [2.75, 3.05) is 6.54 Å². The molecule has 0 spiro atoms. The fourth-order valence-electron chi connectivity index (χ4n) is 1.92. The third-order valence-electron chi connectivity index (χ3n) is 2.68. The standard InChI is InChI=1S/C13H10N2O/c16-12-9-14-13-11(7-4-8-15(12)13)10-5-2-1-3-6-10/h1-8H,9H2. The van der Waals surface area contributed by atoms with Gasteiger partial charge in [-0.25, -0.2) is 0 Å². The van der Waals surface area contributed by atoms with Crippen LogP contribution in [0.3, 0.4) is 0 Å². The van der Waals surface area contributed by atoms with E-state index in [-0.39, 0.29) is 12.5 Å². The zero-order valence-electron chi connectivity index (χ0n) is 8.63. The predicted octanol–water partition coefficient (Wildman–Crippen LogP) is 1.84. The molecule has 0 fully saturated rings. The fourth-order valence-corrected chi connectivity index (χ4v) is 1.92. The average Bonchev–Trinajstić information content (AvgIpc) is 2.73. The summed E-state index contributed by atoms with van der Waals surface area (Å²) in [4.78, 5) is 17.4. The molecule has 1 amide bonds. The van der Waals surface area contributed by atoms with Gasteiger partial charge in [-0.1, -0.05) is 30.3 Å². The van der Waals surface area contributed by atoms with Crippen LogP contribution in [-0.4, -0.2) is 23.2 Å². The van der Waals surface area contributed by atoms with Gasteiger partial charge < -0.3 is 0 Å². The van der Waals surface area contributed by atoms with Gasteiger partial charge in [0.1, 0.15) is 12.4 Å². The minimum Gasteiger partial charge on any atom is -0.272 e. The second-order valence-electron chi connectivity index (χ2n) is 3.69. The number of nitrogens with zero attached hydrogens (tertiary/aromatic N) is 2. The Bertz CT molecular complexity index is 526. The van der Waals surface area contributed by atoms with E-state index in [4.69, 9.17) is 0 Å². The van der Waals surface area contributed by atoms with E-state index in [1.54, 1.807) is 11.1 Å². The highest BCUT2D eigenvalue weighted by Gasteiger charge is 2.28. The van der Waals surface area contributed by atoms with Gasteiger partial charge in [0.15, 0.2) is 0 Å². The normalized spacial score (nSPS) is 18.2. The van der Waals surface area contributed by atoms with Crippen LogP contribution in [0.15, 0.2) is 53.7 Å². The molecule has 0 bridgehead atoms. The summed E-state index contributed by atoms with van der Waals surface area (Å²) in [6.45, 7) is 0.254. The van der Waals surface area contributed by atoms with Gasteiger partial charge in [-0.2, -0.15) is 0 Å². The molecule has 0 radical (unpaired) electrons. The van der Waals surface area contributed by atoms with Gasteiger partial charge in [-0.15, -0.1) is 0 Å². The molecule has 1 aromatic carbocycles. The van der Waals surface area contributed by atoms with Crippen LogP contribution in [0.25, 0.3) is 5.57 Å². The molecular formula is C13H10N2O. The second-order valence-corrected chi connectivity index (χ2v) is 3.69. The summed E-state index contributed by atoms with van der Waals surface area (Å²) < 4.78 is 0. The number of hydrogen-bond acceptors (Lipinski definition) is 2. The van der Waals surface area contributed by atoms with E-state index in [0.29, 0.717) is 0 Å². The van der Waals surface area contributed by atoms with Crippen molar-refractivity contribution in [2.24, 2.45) is 4.99 Å². The van der Waals surface area contributed by atoms with Crippen molar-refractivity contribution in [1.82, 2.24) is 4.90 Å². The molecule has 78 valence electrons. The number of hydrogen-bond donors (Lipinski definition) is 0. The largest absolute Gasteiger partial charge is 0.272 e. The highest BCUT2D eigenvalue weighted by atomic mass is 16.2. The summed E-state index contributed by atoms with van der Waals surface area (Å²) in [6.07, 6.45) is 5.63. The first-order valence-electron chi connectivity index (χ1n) is 5.17. The molecule has 0 saturated heterocycles. The number of fused-ring (bicyclic) bond motifs is 1. The SMILES string of the molecule is O=C1CN=C2C(c3ccccc3)=CC=CN12. The van der Waals surface area contributed by atoms with E-state index >= 15 is 0 Å². The monoisotopic (exact) mass is 210 g/mol. The Morgan fingerprint density at radius 1 is 1.19 bits per heavy atom. The maximum atomic E-state index is 11.5. The molecule has 0 unspecified atom stereocenters. The van der Waals surface area contributed by atoms with Gasteiger partial charge in [-0.05, 0) is 17.7 Å². The minimum atomic E-state index is 0.0350. The molecule has 0 aromatic heterocycles. The molecule has 2 aliphatic heterocycles. The Labute approximate surface area is 93.4 Å². The van der Waals surface area contributed by atoms with Gasteiger partial charge in [0.25, 0.3) is 5.91 Å². The third kappa shape index (κ3) is 1.29. The third-order valence-corrected chi connectivity index (χ3v) is 2.68. The Morgan fingerprint density at radius 3 is 2.81 bits per heavy atom. The van der Waals surface area contributed by atoms with E-state index < -0.39 is 0 Å². The summed E-state index contributed by atoms with van der Waals surface area (Å²) in [5.41, 5.74) is 2.10. The Hall–Kier alpha value is -2.16. The van der Waals surface area contributed by atoms with E-state index in [1.807, 2.05) is 42.5 Å². The van der Waals surface area contributed by atoms with Gasteiger partial charge >= 0.3 is 0 Å². The predicted molar refractivity (Wildman–Crippen MR) is 62.7 cm³/mol. The number of carbonyl (C=O) groups is 1. The summed E-state index contributed by atoms with van der Waals surface area (Å²) in [5.74, 6) is 0.798. The van der Waals surface area contributed by atoms with Crippen LogP contribution in [0.5, 0.6) is 0 Å². The maximum Gasteiger partial charge on any atom is 0.253 e. The van der Waals surface area contributed by atoms with Gasteiger partial charge in [0.2, 0.25) is 0 Å². The first kappa shape index (κ1) is 9.09. The Balaban J connectivity index is 2.06. The summed E-state index contributed by atoms with van der Waals surface area (Å²) >= 11 is 0. The fraction of sp³-hybridized carbons (Fsp3) is 0.0769. The van der Waals surface area contributed by atoms with E-state index in [1.165, 1.54) is 0 Å². The first-order valence-corrected chi connectivity index (χ1v) is 5.17. The number of amidine groups is 1. The first-order chi connectivity index (χ1) is 7.86. The molecule has 2 heterocycles. The number of amides is 1. The van der Waals surface area contributed by atoms with E-state index in [2.05, 4.69) is 4.99 Å². The van der Waals surface area contributed by atoms with Gasteiger partial charge in [-0.3, -0.25) is 14.7 Å². The smallest absolute Gasteiger partial charge is 0.253 e. The molecule has 3 nitrogen and oxygen atoms in total. The molecule has 0 atom stereocenters. The molecule has 3 rings (SSSR count). The van der Waals surface area contributed by atoms with Crippen molar-refractivity contribution in [3.8, 4) is 0 Å². The van der Waals surface area contributed by atoms with Crippen LogP contribution in [0.1, 0.15) is 5.56 Å². The molecule has 16 heavy (non-hydrogen) atoms. The number of benzene rings is 1. The van der Waals surface area contributed by atoms with Crippen molar-refractivity contribution in [2.45, 2.75) is 0 Å². The number of rotatable bonds is 1. The molecule has 0 aliphatic carbocycles. The lowest BCUT2D eigenvalue weighted by molar-refractivity contribution is -0.123. The number of aliphatic imine (C=N–C) groups is 1. The molecule has 3 heteroatoms.